The van der Waals surface area contributed by atoms with Crippen LogP contribution in [0.4, 0.5) is 0 Å². The van der Waals surface area contributed by atoms with Gasteiger partial charge in [-0.25, -0.2) is 0 Å². The first-order chi connectivity index (χ1) is 10.4. The molecule has 4 rings (SSSR count). The predicted octanol–water partition coefficient (Wildman–Crippen LogP) is 2.93. The number of carbonyl (C=O) groups is 1. The highest BCUT2D eigenvalue weighted by Gasteiger charge is 2.63. The molecule has 2 N–H and O–H groups in total. The van der Waals surface area contributed by atoms with E-state index in [0.29, 0.717) is 30.0 Å². The zero-order valence-corrected chi connectivity index (χ0v) is 13.9. The highest BCUT2D eigenvalue weighted by Crippen LogP contribution is 2.65. The SMILES string of the molecule is CC12CCCC1C1C(=O)CC3CC(O)CCC3(C)C1CC2O. The Morgan fingerprint density at radius 3 is 2.55 bits per heavy atom. The van der Waals surface area contributed by atoms with Crippen LogP contribution in [0.25, 0.3) is 0 Å². The van der Waals surface area contributed by atoms with Crippen LogP contribution in [-0.2, 0) is 4.79 Å². The zero-order chi connectivity index (χ0) is 15.7. The minimum atomic E-state index is -0.253. The average molecular weight is 306 g/mol. The van der Waals surface area contributed by atoms with Crippen molar-refractivity contribution in [1.29, 1.82) is 0 Å². The van der Waals surface area contributed by atoms with Crippen molar-refractivity contribution in [2.75, 3.05) is 0 Å². The van der Waals surface area contributed by atoms with Gasteiger partial charge < -0.3 is 10.2 Å². The lowest BCUT2D eigenvalue weighted by Gasteiger charge is -2.60. The van der Waals surface area contributed by atoms with Crippen LogP contribution in [0.1, 0.15) is 65.2 Å². The van der Waals surface area contributed by atoms with Crippen molar-refractivity contribution in [3.63, 3.8) is 0 Å². The van der Waals surface area contributed by atoms with Gasteiger partial charge in [0.05, 0.1) is 12.2 Å². The number of fused-ring (bicyclic) bond motifs is 5. The monoisotopic (exact) mass is 306 g/mol. The molecule has 0 spiro atoms. The molecule has 8 unspecified atom stereocenters. The van der Waals surface area contributed by atoms with Crippen molar-refractivity contribution >= 4 is 5.78 Å². The van der Waals surface area contributed by atoms with Crippen LogP contribution in [0.2, 0.25) is 0 Å². The fourth-order valence-corrected chi connectivity index (χ4v) is 6.87. The predicted molar refractivity (Wildman–Crippen MR) is 84.1 cm³/mol. The summed E-state index contributed by atoms with van der Waals surface area (Å²) in [6, 6.07) is 0. The van der Waals surface area contributed by atoms with E-state index >= 15 is 0 Å². The van der Waals surface area contributed by atoms with Crippen LogP contribution in [0.15, 0.2) is 0 Å². The van der Waals surface area contributed by atoms with Gasteiger partial charge in [-0.3, -0.25) is 4.79 Å². The Morgan fingerprint density at radius 1 is 1.00 bits per heavy atom. The van der Waals surface area contributed by atoms with E-state index in [1.54, 1.807) is 0 Å². The van der Waals surface area contributed by atoms with E-state index in [-0.39, 0.29) is 29.0 Å². The van der Waals surface area contributed by atoms with E-state index < -0.39 is 0 Å². The van der Waals surface area contributed by atoms with Gasteiger partial charge in [0, 0.05) is 12.3 Å². The normalized spacial score (nSPS) is 57.9. The molecule has 0 aromatic heterocycles. The van der Waals surface area contributed by atoms with E-state index in [1.807, 2.05) is 0 Å². The van der Waals surface area contributed by atoms with Crippen LogP contribution < -0.4 is 0 Å². The quantitative estimate of drug-likeness (QED) is 0.723. The van der Waals surface area contributed by atoms with Gasteiger partial charge in [0.1, 0.15) is 5.78 Å². The Bertz CT molecular complexity index is 489. The molecule has 0 aliphatic heterocycles. The molecule has 4 fully saturated rings. The molecule has 4 saturated carbocycles. The molecule has 3 heteroatoms. The zero-order valence-electron chi connectivity index (χ0n) is 13.9. The topological polar surface area (TPSA) is 57.5 Å². The number of ketones is 1. The summed E-state index contributed by atoms with van der Waals surface area (Å²) in [4.78, 5) is 13.0. The fourth-order valence-electron chi connectivity index (χ4n) is 6.87. The molecule has 8 atom stereocenters. The lowest BCUT2D eigenvalue weighted by molar-refractivity contribution is -0.174. The number of aliphatic hydroxyl groups excluding tert-OH is 2. The molecule has 0 radical (unpaired) electrons. The van der Waals surface area contributed by atoms with Crippen LogP contribution in [-0.4, -0.2) is 28.2 Å². The number of carbonyl (C=O) groups excluding carboxylic acids is 1. The molecule has 0 heterocycles. The van der Waals surface area contributed by atoms with Crippen LogP contribution in [0.3, 0.4) is 0 Å². The second-order valence-corrected chi connectivity index (χ2v) is 9.19. The third-order valence-corrected chi connectivity index (χ3v) is 8.35. The van der Waals surface area contributed by atoms with Crippen molar-refractivity contribution in [2.45, 2.75) is 77.4 Å². The molecule has 0 amide bonds. The molecule has 0 aromatic rings. The van der Waals surface area contributed by atoms with Crippen molar-refractivity contribution in [1.82, 2.24) is 0 Å². The average Bonchev–Trinajstić information content (AvgIpc) is 2.85. The molecule has 0 bridgehead atoms. The smallest absolute Gasteiger partial charge is 0.136 e. The summed E-state index contributed by atoms with van der Waals surface area (Å²) in [5.74, 6) is 1.65. The number of hydrogen-bond donors (Lipinski definition) is 2. The van der Waals surface area contributed by atoms with Gasteiger partial charge in [-0.05, 0) is 67.1 Å². The first-order valence-corrected chi connectivity index (χ1v) is 9.25. The van der Waals surface area contributed by atoms with Crippen molar-refractivity contribution in [3.05, 3.63) is 0 Å². The van der Waals surface area contributed by atoms with Gasteiger partial charge >= 0.3 is 0 Å². The Labute approximate surface area is 133 Å². The maximum atomic E-state index is 13.0. The van der Waals surface area contributed by atoms with Gasteiger partial charge in [-0.2, -0.15) is 0 Å². The summed E-state index contributed by atoms with van der Waals surface area (Å²) in [5.41, 5.74) is 0.108. The molecule has 4 aliphatic rings. The third-order valence-electron chi connectivity index (χ3n) is 8.35. The maximum Gasteiger partial charge on any atom is 0.136 e. The summed E-state index contributed by atoms with van der Waals surface area (Å²) in [6.07, 6.45) is 6.99. The number of aliphatic hydroxyl groups is 2. The minimum Gasteiger partial charge on any atom is -0.393 e. The molecule has 22 heavy (non-hydrogen) atoms. The summed E-state index contributed by atoms with van der Waals surface area (Å²) >= 11 is 0. The Balaban J connectivity index is 1.72. The third kappa shape index (κ3) is 1.84. The Morgan fingerprint density at radius 2 is 1.77 bits per heavy atom. The number of hydrogen-bond acceptors (Lipinski definition) is 3. The first-order valence-electron chi connectivity index (χ1n) is 9.25. The Kier molecular flexibility index (Phi) is 3.30. The molecular formula is C19H30O3. The first kappa shape index (κ1) is 15.1. The van der Waals surface area contributed by atoms with E-state index in [0.717, 1.165) is 44.9 Å². The van der Waals surface area contributed by atoms with E-state index in [1.165, 1.54) is 0 Å². The van der Waals surface area contributed by atoms with Gasteiger partial charge in [0.2, 0.25) is 0 Å². The lowest BCUT2D eigenvalue weighted by Crippen LogP contribution is -2.60. The van der Waals surface area contributed by atoms with Crippen molar-refractivity contribution in [2.24, 2.45) is 34.5 Å². The van der Waals surface area contributed by atoms with Gasteiger partial charge in [0.25, 0.3) is 0 Å². The molecule has 0 saturated heterocycles. The fraction of sp³-hybridized carbons (Fsp3) is 0.947. The highest BCUT2D eigenvalue weighted by molar-refractivity contribution is 5.83. The van der Waals surface area contributed by atoms with Gasteiger partial charge in [-0.15, -0.1) is 0 Å². The number of Topliss-reactive ketones (excluding diaryl/α,β-unsaturated/α-hetero) is 1. The van der Waals surface area contributed by atoms with Gasteiger partial charge in [-0.1, -0.05) is 20.3 Å². The van der Waals surface area contributed by atoms with E-state index in [9.17, 15) is 15.0 Å². The van der Waals surface area contributed by atoms with E-state index in [4.69, 9.17) is 0 Å². The van der Waals surface area contributed by atoms with Crippen LogP contribution in [0, 0.1) is 34.5 Å². The van der Waals surface area contributed by atoms with Crippen molar-refractivity contribution < 1.29 is 15.0 Å². The van der Waals surface area contributed by atoms with Gasteiger partial charge in [0.15, 0.2) is 0 Å². The molecule has 3 nitrogen and oxygen atoms in total. The maximum absolute atomic E-state index is 13.0. The molecular weight excluding hydrogens is 276 g/mol. The molecule has 124 valence electrons. The van der Waals surface area contributed by atoms with Crippen molar-refractivity contribution in [3.8, 4) is 0 Å². The standard InChI is InChI=1S/C19H30O3/c1-18-7-5-12(20)8-11(18)9-15(21)17-13-4-3-6-19(13,2)16(22)10-14(17)18/h11-14,16-17,20,22H,3-10H2,1-2H3. The van der Waals surface area contributed by atoms with Crippen LogP contribution in [0.5, 0.6) is 0 Å². The summed E-state index contributed by atoms with van der Waals surface area (Å²) in [7, 11) is 0. The van der Waals surface area contributed by atoms with Crippen LogP contribution >= 0.6 is 0 Å². The molecule has 0 aromatic carbocycles. The largest absolute Gasteiger partial charge is 0.393 e. The summed E-state index contributed by atoms with van der Waals surface area (Å²) in [5, 5.41) is 20.9. The minimum absolute atomic E-state index is 0.0335. The molecule has 4 aliphatic carbocycles. The second kappa shape index (κ2) is 4.80. The summed E-state index contributed by atoms with van der Waals surface area (Å²) < 4.78 is 0. The Hall–Kier alpha value is -0.410. The van der Waals surface area contributed by atoms with E-state index in [2.05, 4.69) is 13.8 Å². The second-order valence-electron chi connectivity index (χ2n) is 9.19. The summed E-state index contributed by atoms with van der Waals surface area (Å²) in [6.45, 7) is 4.57. The lowest BCUT2D eigenvalue weighted by atomic mass is 9.44. The highest BCUT2D eigenvalue weighted by atomic mass is 16.3. The number of rotatable bonds is 0.